The van der Waals surface area contributed by atoms with E-state index >= 15 is 0 Å². The number of aromatic nitrogens is 6. The van der Waals surface area contributed by atoms with Crippen LogP contribution in [0.4, 0.5) is 13.2 Å². The van der Waals surface area contributed by atoms with Gasteiger partial charge in [0.2, 0.25) is 0 Å². The Bertz CT molecular complexity index is 1940. The van der Waals surface area contributed by atoms with Crippen LogP contribution in [0.3, 0.4) is 0 Å². The zero-order valence-corrected chi connectivity index (χ0v) is 20.7. The summed E-state index contributed by atoms with van der Waals surface area (Å²) in [7, 11) is 1.58. The van der Waals surface area contributed by atoms with Crippen molar-refractivity contribution >= 4 is 22.6 Å². The van der Waals surface area contributed by atoms with Gasteiger partial charge in [0.15, 0.2) is 29.5 Å². The molecular weight excluding hydrogens is 539 g/mol. The minimum atomic E-state index is -1.69. The van der Waals surface area contributed by atoms with Crippen LogP contribution in [0.15, 0.2) is 58.5 Å². The smallest absolute Gasteiger partial charge is 0.332 e. The maximum Gasteiger partial charge on any atom is 0.332 e. The van der Waals surface area contributed by atoms with Crippen LogP contribution in [0.2, 0.25) is 5.02 Å². The summed E-state index contributed by atoms with van der Waals surface area (Å²) < 4.78 is 44.8. The third kappa shape index (κ3) is 4.62. The molecule has 10 nitrogen and oxygen atoms in total. The van der Waals surface area contributed by atoms with Gasteiger partial charge in [-0.3, -0.25) is 14.0 Å². The summed E-state index contributed by atoms with van der Waals surface area (Å²) in [5.74, 6) is -4.55. The second kappa shape index (κ2) is 9.73. The van der Waals surface area contributed by atoms with Crippen molar-refractivity contribution in [2.75, 3.05) is 0 Å². The van der Waals surface area contributed by atoms with Gasteiger partial charge in [0.05, 0.1) is 30.3 Å². The molecule has 0 atom stereocenters. The van der Waals surface area contributed by atoms with E-state index in [0.717, 1.165) is 10.8 Å². The Morgan fingerprint density at radius 2 is 1.79 bits per heavy atom. The zero-order chi connectivity index (χ0) is 28.0. The maximum absolute atomic E-state index is 14.0. The normalized spacial score (nSPS) is 11.2. The number of nitriles is 1. The minimum Gasteiger partial charge on any atom is -0.618 e. The van der Waals surface area contributed by atoms with Crippen molar-refractivity contribution in [3.63, 3.8) is 0 Å². The van der Waals surface area contributed by atoms with Gasteiger partial charge in [0.1, 0.15) is 11.8 Å². The van der Waals surface area contributed by atoms with Crippen LogP contribution in [0, 0.1) is 34.0 Å². The number of nitrogens with zero attached hydrogens (tertiary/aromatic N) is 7. The van der Waals surface area contributed by atoms with E-state index in [1.54, 1.807) is 7.05 Å². The third-order valence-electron chi connectivity index (χ3n) is 5.95. The Morgan fingerprint density at radius 3 is 2.44 bits per heavy atom. The van der Waals surface area contributed by atoms with E-state index in [2.05, 4.69) is 10.1 Å². The van der Waals surface area contributed by atoms with Crippen molar-refractivity contribution in [3.8, 4) is 17.2 Å². The van der Waals surface area contributed by atoms with Gasteiger partial charge in [-0.05, 0) is 42.0 Å². The molecule has 5 aromatic rings. The molecule has 0 saturated heterocycles. The standard InChI is InChI=1S/C25H15ClF3N7O3/c1-33-12-31-21(32-33)11-35-24(37)23-20(34(25(35)38)9-14-5-18(27)22(29)19(28)6-14)7-15(10-36(23)39)16-4-13(8-30)2-3-17(16)26/h2-7,10,12H,9,11H2,1H3. The molecule has 0 radical (unpaired) electrons. The molecule has 0 aliphatic heterocycles. The molecular formula is C25H15ClF3N7O3. The molecule has 0 N–H and O–H groups in total. The van der Waals surface area contributed by atoms with Crippen LogP contribution in [0.25, 0.3) is 22.2 Å². The lowest BCUT2D eigenvalue weighted by molar-refractivity contribution is -0.577. The number of fused-ring (bicyclic) bond motifs is 1. The Kier molecular flexibility index (Phi) is 6.41. The highest BCUT2D eigenvalue weighted by atomic mass is 35.5. The fourth-order valence-electron chi connectivity index (χ4n) is 4.16. The van der Waals surface area contributed by atoms with E-state index in [4.69, 9.17) is 11.6 Å². The highest BCUT2D eigenvalue weighted by Crippen LogP contribution is 2.29. The van der Waals surface area contributed by atoms with Gasteiger partial charge in [0, 0.05) is 17.6 Å². The highest BCUT2D eigenvalue weighted by Gasteiger charge is 2.24. The first-order chi connectivity index (χ1) is 18.6. The summed E-state index contributed by atoms with van der Waals surface area (Å²) in [6.07, 6.45) is 2.41. The van der Waals surface area contributed by atoms with E-state index in [0.29, 0.717) is 16.7 Å². The molecule has 5 rings (SSSR count). The predicted molar refractivity (Wildman–Crippen MR) is 132 cm³/mol. The molecule has 0 aliphatic carbocycles. The molecule has 0 amide bonds. The molecule has 3 heterocycles. The fraction of sp³-hybridized carbons (Fsp3) is 0.120. The van der Waals surface area contributed by atoms with Crippen molar-refractivity contribution < 1.29 is 17.9 Å². The summed E-state index contributed by atoms with van der Waals surface area (Å²) in [6, 6.07) is 9.03. The summed E-state index contributed by atoms with van der Waals surface area (Å²) in [4.78, 5) is 31.0. The van der Waals surface area contributed by atoms with E-state index in [-0.39, 0.29) is 43.3 Å². The van der Waals surface area contributed by atoms with Crippen LogP contribution >= 0.6 is 11.6 Å². The van der Waals surface area contributed by atoms with Crippen LogP contribution in [0.1, 0.15) is 17.0 Å². The maximum atomic E-state index is 14.0. The van der Waals surface area contributed by atoms with Crippen molar-refractivity contribution in [3.05, 3.63) is 114 Å². The molecule has 3 aromatic heterocycles. The molecule has 196 valence electrons. The number of hydrogen-bond donors (Lipinski definition) is 0. The lowest BCUT2D eigenvalue weighted by Gasteiger charge is -2.15. The second-order valence-corrected chi connectivity index (χ2v) is 8.97. The van der Waals surface area contributed by atoms with E-state index in [1.165, 1.54) is 35.3 Å². The Labute approximate surface area is 221 Å². The molecule has 0 aliphatic rings. The van der Waals surface area contributed by atoms with Crippen molar-refractivity contribution in [2.24, 2.45) is 7.05 Å². The monoisotopic (exact) mass is 553 g/mol. The third-order valence-corrected chi connectivity index (χ3v) is 6.28. The summed E-state index contributed by atoms with van der Waals surface area (Å²) >= 11 is 6.30. The lowest BCUT2D eigenvalue weighted by atomic mass is 10.0. The predicted octanol–water partition coefficient (Wildman–Crippen LogP) is 2.63. The van der Waals surface area contributed by atoms with Gasteiger partial charge in [-0.15, -0.1) is 0 Å². The number of pyridine rings is 1. The zero-order valence-electron chi connectivity index (χ0n) is 19.9. The Balaban J connectivity index is 1.81. The minimum absolute atomic E-state index is 0.0932. The second-order valence-electron chi connectivity index (χ2n) is 8.56. The van der Waals surface area contributed by atoms with Crippen LogP contribution in [0.5, 0.6) is 0 Å². The number of aryl methyl sites for hydroxylation is 1. The summed E-state index contributed by atoms with van der Waals surface area (Å²) in [6.45, 7) is -0.937. The van der Waals surface area contributed by atoms with Gasteiger partial charge in [-0.1, -0.05) is 11.6 Å². The highest BCUT2D eigenvalue weighted by molar-refractivity contribution is 6.33. The average Bonchev–Trinajstić information content (AvgIpc) is 3.31. The fourth-order valence-corrected chi connectivity index (χ4v) is 4.39. The van der Waals surface area contributed by atoms with Gasteiger partial charge < -0.3 is 5.21 Å². The van der Waals surface area contributed by atoms with Crippen molar-refractivity contribution in [2.45, 2.75) is 13.1 Å². The summed E-state index contributed by atoms with van der Waals surface area (Å²) in [5.41, 5.74) is -2.05. The van der Waals surface area contributed by atoms with Crippen molar-refractivity contribution in [1.29, 1.82) is 5.26 Å². The Hall–Kier alpha value is -4.96. The topological polar surface area (TPSA) is 125 Å². The van der Waals surface area contributed by atoms with Gasteiger partial charge in [-0.25, -0.2) is 27.5 Å². The number of hydrogen-bond acceptors (Lipinski definition) is 6. The van der Waals surface area contributed by atoms with Crippen LogP contribution in [-0.4, -0.2) is 23.9 Å². The Morgan fingerprint density at radius 1 is 1.08 bits per heavy atom. The quantitative estimate of drug-likeness (QED) is 0.187. The first kappa shape index (κ1) is 25.7. The van der Waals surface area contributed by atoms with Crippen LogP contribution < -0.4 is 16.0 Å². The van der Waals surface area contributed by atoms with E-state index < -0.39 is 47.3 Å². The molecule has 0 saturated carbocycles. The van der Waals surface area contributed by atoms with E-state index in [9.17, 15) is 33.2 Å². The van der Waals surface area contributed by atoms with Crippen molar-refractivity contribution in [1.82, 2.24) is 23.9 Å². The van der Waals surface area contributed by atoms with E-state index in [1.807, 2.05) is 6.07 Å². The number of halogens is 4. The largest absolute Gasteiger partial charge is 0.618 e. The molecule has 2 aromatic carbocycles. The van der Waals surface area contributed by atoms with Gasteiger partial charge in [0.25, 0.3) is 0 Å². The first-order valence-corrected chi connectivity index (χ1v) is 11.5. The molecule has 0 unspecified atom stereocenters. The van der Waals surface area contributed by atoms with Gasteiger partial charge >= 0.3 is 16.8 Å². The average molecular weight is 554 g/mol. The van der Waals surface area contributed by atoms with Gasteiger partial charge in [-0.2, -0.15) is 15.1 Å². The molecule has 39 heavy (non-hydrogen) atoms. The molecule has 0 bridgehead atoms. The molecule has 0 spiro atoms. The summed E-state index contributed by atoms with van der Waals surface area (Å²) in [5, 5.41) is 26.7. The SMILES string of the molecule is Cn1cnc(Cn2c(=O)c3c(cc(-c4cc(C#N)ccc4Cl)c[n+]3[O-])n(Cc3cc(F)c(F)c(F)c3)c2=O)n1. The first-order valence-electron chi connectivity index (χ1n) is 11.2. The number of rotatable bonds is 5. The molecule has 14 heteroatoms. The lowest BCUT2D eigenvalue weighted by Crippen LogP contribution is -2.46. The number of benzene rings is 2. The van der Waals surface area contributed by atoms with Crippen LogP contribution in [-0.2, 0) is 20.1 Å². The molecule has 0 fully saturated rings.